The molecule has 1 aromatic heterocycles. The van der Waals surface area contributed by atoms with E-state index in [1.54, 1.807) is 6.20 Å². The highest BCUT2D eigenvalue weighted by molar-refractivity contribution is 5.80. The summed E-state index contributed by atoms with van der Waals surface area (Å²) in [6, 6.07) is 11.9. The van der Waals surface area contributed by atoms with Gasteiger partial charge in [-0.05, 0) is 5.56 Å². The number of hydrogen-bond donors (Lipinski definition) is 0. The molecule has 3 heterocycles. The molecule has 0 atom stereocenters. The van der Waals surface area contributed by atoms with E-state index in [1.165, 1.54) is 0 Å². The molecular weight excluding hydrogens is 306 g/mol. The number of hydrogen-bond acceptors (Lipinski definition) is 5. The highest BCUT2D eigenvalue weighted by Crippen LogP contribution is 2.29. The van der Waals surface area contributed by atoms with Crippen molar-refractivity contribution in [1.82, 2.24) is 14.8 Å². The Morgan fingerprint density at radius 2 is 1.83 bits per heavy atom. The standard InChI is InChI=1S/C18H19N3O3/c22-18-12-20(13-21(18)10-14-4-2-1-3-5-14)11-15-8-16-17(9-19-15)24-7-6-23-16/h1-5,8-9H,6-7,10-13H2. The van der Waals surface area contributed by atoms with Gasteiger partial charge in [0.05, 0.1) is 25.1 Å². The molecule has 6 heteroatoms. The molecule has 6 nitrogen and oxygen atoms in total. The topological polar surface area (TPSA) is 54.9 Å². The molecular formula is C18H19N3O3. The molecule has 1 saturated heterocycles. The lowest BCUT2D eigenvalue weighted by atomic mass is 10.2. The zero-order valence-electron chi connectivity index (χ0n) is 13.4. The lowest BCUT2D eigenvalue weighted by Crippen LogP contribution is -2.26. The van der Waals surface area contributed by atoms with E-state index in [-0.39, 0.29) is 5.91 Å². The summed E-state index contributed by atoms with van der Waals surface area (Å²) >= 11 is 0. The number of nitrogens with zero attached hydrogens (tertiary/aromatic N) is 3. The van der Waals surface area contributed by atoms with Crippen molar-refractivity contribution in [3.05, 3.63) is 53.9 Å². The third kappa shape index (κ3) is 3.19. The van der Waals surface area contributed by atoms with Crippen LogP contribution in [0.3, 0.4) is 0 Å². The van der Waals surface area contributed by atoms with Crippen LogP contribution in [0.5, 0.6) is 11.5 Å². The van der Waals surface area contributed by atoms with E-state index in [9.17, 15) is 4.79 Å². The molecule has 0 spiro atoms. The molecule has 2 aliphatic rings. The van der Waals surface area contributed by atoms with E-state index in [2.05, 4.69) is 9.88 Å². The van der Waals surface area contributed by atoms with Gasteiger partial charge in [0.2, 0.25) is 5.91 Å². The molecule has 0 unspecified atom stereocenters. The van der Waals surface area contributed by atoms with Crippen molar-refractivity contribution >= 4 is 5.91 Å². The van der Waals surface area contributed by atoms with Crippen molar-refractivity contribution < 1.29 is 14.3 Å². The number of benzene rings is 1. The molecule has 0 radical (unpaired) electrons. The number of aromatic nitrogens is 1. The van der Waals surface area contributed by atoms with E-state index in [0.29, 0.717) is 45.3 Å². The highest BCUT2D eigenvalue weighted by atomic mass is 16.6. The average Bonchev–Trinajstić information content (AvgIpc) is 2.95. The maximum absolute atomic E-state index is 12.2. The molecule has 2 aromatic rings. The molecule has 124 valence electrons. The first-order valence-electron chi connectivity index (χ1n) is 8.06. The average molecular weight is 325 g/mol. The van der Waals surface area contributed by atoms with Crippen molar-refractivity contribution in [2.75, 3.05) is 26.4 Å². The van der Waals surface area contributed by atoms with Crippen molar-refractivity contribution in [1.29, 1.82) is 0 Å². The van der Waals surface area contributed by atoms with Crippen LogP contribution in [0.4, 0.5) is 0 Å². The summed E-state index contributed by atoms with van der Waals surface area (Å²) in [6.45, 7) is 3.41. The van der Waals surface area contributed by atoms with Crippen molar-refractivity contribution in [3.8, 4) is 11.5 Å². The van der Waals surface area contributed by atoms with E-state index in [1.807, 2.05) is 41.3 Å². The second-order valence-corrected chi connectivity index (χ2v) is 6.03. The van der Waals surface area contributed by atoms with Gasteiger partial charge in [0, 0.05) is 19.2 Å². The fraction of sp³-hybridized carbons (Fsp3) is 0.333. The van der Waals surface area contributed by atoms with Gasteiger partial charge in [-0.15, -0.1) is 0 Å². The summed E-state index contributed by atoms with van der Waals surface area (Å²) in [5.74, 6) is 1.57. The normalized spacial score (nSPS) is 17.3. The summed E-state index contributed by atoms with van der Waals surface area (Å²) in [7, 11) is 0. The predicted molar refractivity (Wildman–Crippen MR) is 87.5 cm³/mol. The summed E-state index contributed by atoms with van der Waals surface area (Å²) in [5, 5.41) is 0. The van der Waals surface area contributed by atoms with Crippen molar-refractivity contribution in [3.63, 3.8) is 0 Å². The number of rotatable bonds is 4. The number of carbonyl (C=O) groups excluding carboxylic acids is 1. The maximum Gasteiger partial charge on any atom is 0.238 e. The first kappa shape index (κ1) is 15.0. The Morgan fingerprint density at radius 1 is 1.04 bits per heavy atom. The van der Waals surface area contributed by atoms with Gasteiger partial charge >= 0.3 is 0 Å². The van der Waals surface area contributed by atoms with Gasteiger partial charge in [0.15, 0.2) is 11.5 Å². The van der Waals surface area contributed by atoms with Crippen LogP contribution in [0.25, 0.3) is 0 Å². The Kier molecular flexibility index (Phi) is 4.04. The SMILES string of the molecule is O=C1CN(Cc2cc3c(cn2)OCCO3)CN1Cc1ccccc1. The molecule has 4 rings (SSSR count). The van der Waals surface area contributed by atoms with Crippen LogP contribution in [0.1, 0.15) is 11.3 Å². The van der Waals surface area contributed by atoms with Crippen LogP contribution in [0, 0.1) is 0 Å². The minimum Gasteiger partial charge on any atom is -0.486 e. The Bertz CT molecular complexity index is 736. The van der Waals surface area contributed by atoms with E-state index in [0.717, 1.165) is 17.0 Å². The number of amides is 1. The Morgan fingerprint density at radius 3 is 2.67 bits per heavy atom. The van der Waals surface area contributed by atoms with Gasteiger partial charge in [-0.1, -0.05) is 30.3 Å². The van der Waals surface area contributed by atoms with E-state index >= 15 is 0 Å². The summed E-state index contributed by atoms with van der Waals surface area (Å²) in [6.07, 6.45) is 1.70. The number of pyridine rings is 1. The molecule has 1 aromatic carbocycles. The molecule has 0 N–H and O–H groups in total. The van der Waals surface area contributed by atoms with Gasteiger partial charge in [0.25, 0.3) is 0 Å². The van der Waals surface area contributed by atoms with Crippen molar-refractivity contribution in [2.45, 2.75) is 13.1 Å². The second-order valence-electron chi connectivity index (χ2n) is 6.03. The van der Waals surface area contributed by atoms with Gasteiger partial charge < -0.3 is 14.4 Å². The van der Waals surface area contributed by atoms with Crippen LogP contribution >= 0.6 is 0 Å². The zero-order valence-corrected chi connectivity index (χ0v) is 13.4. The van der Waals surface area contributed by atoms with Gasteiger partial charge in [-0.3, -0.25) is 14.7 Å². The van der Waals surface area contributed by atoms with Crippen LogP contribution in [0.2, 0.25) is 0 Å². The third-order valence-corrected chi connectivity index (χ3v) is 4.17. The monoisotopic (exact) mass is 325 g/mol. The number of carbonyl (C=O) groups is 1. The Balaban J connectivity index is 1.40. The molecule has 0 saturated carbocycles. The summed E-state index contributed by atoms with van der Waals surface area (Å²) in [5.41, 5.74) is 2.03. The number of fused-ring (bicyclic) bond motifs is 1. The number of ether oxygens (including phenoxy) is 2. The van der Waals surface area contributed by atoms with Crippen LogP contribution in [-0.2, 0) is 17.9 Å². The molecule has 1 fully saturated rings. The zero-order chi connectivity index (χ0) is 16.4. The Hall–Kier alpha value is -2.60. The van der Waals surface area contributed by atoms with E-state index in [4.69, 9.17) is 9.47 Å². The largest absolute Gasteiger partial charge is 0.486 e. The fourth-order valence-electron chi connectivity index (χ4n) is 3.01. The van der Waals surface area contributed by atoms with Gasteiger partial charge in [0.1, 0.15) is 13.2 Å². The lowest BCUT2D eigenvalue weighted by Gasteiger charge is -2.20. The first-order valence-corrected chi connectivity index (χ1v) is 8.06. The van der Waals surface area contributed by atoms with Gasteiger partial charge in [-0.25, -0.2) is 0 Å². The van der Waals surface area contributed by atoms with Crippen LogP contribution < -0.4 is 9.47 Å². The molecule has 0 bridgehead atoms. The quantitative estimate of drug-likeness (QED) is 0.856. The smallest absolute Gasteiger partial charge is 0.238 e. The molecule has 1 amide bonds. The third-order valence-electron chi connectivity index (χ3n) is 4.17. The second kappa shape index (κ2) is 6.49. The van der Waals surface area contributed by atoms with Crippen molar-refractivity contribution in [2.24, 2.45) is 0 Å². The van der Waals surface area contributed by atoms with E-state index < -0.39 is 0 Å². The van der Waals surface area contributed by atoms with Crippen LogP contribution in [-0.4, -0.2) is 47.1 Å². The highest BCUT2D eigenvalue weighted by Gasteiger charge is 2.27. The van der Waals surface area contributed by atoms with Gasteiger partial charge in [-0.2, -0.15) is 0 Å². The summed E-state index contributed by atoms with van der Waals surface area (Å²) < 4.78 is 11.1. The minimum absolute atomic E-state index is 0.149. The molecule has 2 aliphatic heterocycles. The summed E-state index contributed by atoms with van der Waals surface area (Å²) in [4.78, 5) is 20.6. The predicted octanol–water partition coefficient (Wildman–Crippen LogP) is 1.65. The fourth-order valence-corrected chi connectivity index (χ4v) is 3.01. The maximum atomic E-state index is 12.2. The Labute approximate surface area is 140 Å². The van der Waals surface area contributed by atoms with Crippen LogP contribution in [0.15, 0.2) is 42.6 Å². The molecule has 0 aliphatic carbocycles. The molecule has 24 heavy (non-hydrogen) atoms. The first-order chi connectivity index (χ1) is 11.8. The lowest BCUT2D eigenvalue weighted by molar-refractivity contribution is -0.127. The minimum atomic E-state index is 0.149.